The first-order chi connectivity index (χ1) is 11.7. The second-order valence-corrected chi connectivity index (χ2v) is 5.82. The Bertz CT molecular complexity index is 883. The van der Waals surface area contributed by atoms with Crippen molar-refractivity contribution < 1.29 is 13.9 Å². The number of benzene rings is 2. The molecule has 0 bridgehead atoms. The second kappa shape index (κ2) is 6.05. The molecule has 24 heavy (non-hydrogen) atoms. The molecule has 5 nitrogen and oxygen atoms in total. The summed E-state index contributed by atoms with van der Waals surface area (Å²) < 4.78 is 18.6. The Hall–Kier alpha value is -2.73. The number of H-pyrrole nitrogens is 1. The van der Waals surface area contributed by atoms with Crippen LogP contribution in [-0.4, -0.2) is 22.5 Å². The van der Waals surface area contributed by atoms with Gasteiger partial charge in [0.2, 0.25) is 0 Å². The molecule has 1 aromatic heterocycles. The van der Waals surface area contributed by atoms with E-state index in [1.54, 1.807) is 6.07 Å². The van der Waals surface area contributed by atoms with Gasteiger partial charge in [-0.3, -0.25) is 4.79 Å². The van der Waals surface area contributed by atoms with Crippen LogP contribution >= 0.6 is 0 Å². The first-order valence-electron chi connectivity index (χ1n) is 7.87. The summed E-state index contributed by atoms with van der Waals surface area (Å²) in [5, 5.41) is 2.81. The van der Waals surface area contributed by atoms with Crippen LogP contribution in [-0.2, 0) is 4.74 Å². The number of halogens is 1. The van der Waals surface area contributed by atoms with Crippen LogP contribution in [0.1, 0.15) is 35.1 Å². The lowest BCUT2D eigenvalue weighted by Crippen LogP contribution is -2.11. The van der Waals surface area contributed by atoms with Gasteiger partial charge in [-0.1, -0.05) is 0 Å². The number of carbonyl (C=O) groups excluding carboxylic acids is 1. The Morgan fingerprint density at radius 1 is 1.25 bits per heavy atom. The average molecular weight is 325 g/mol. The Labute approximate surface area is 137 Å². The number of fused-ring (bicyclic) bond motifs is 1. The Balaban J connectivity index is 1.55. The number of aromatic nitrogens is 2. The summed E-state index contributed by atoms with van der Waals surface area (Å²) in [6, 6.07) is 10.9. The van der Waals surface area contributed by atoms with Gasteiger partial charge in [-0.05, 0) is 55.3 Å². The minimum Gasteiger partial charge on any atom is -0.370 e. The summed E-state index contributed by atoms with van der Waals surface area (Å²) in [6.07, 6.45) is 2.03. The van der Waals surface area contributed by atoms with E-state index in [9.17, 15) is 9.18 Å². The molecule has 1 amide bonds. The molecule has 2 heterocycles. The van der Waals surface area contributed by atoms with Crippen molar-refractivity contribution in [1.82, 2.24) is 9.97 Å². The largest absolute Gasteiger partial charge is 0.370 e. The Morgan fingerprint density at radius 2 is 2.08 bits per heavy atom. The number of rotatable bonds is 3. The van der Waals surface area contributed by atoms with Gasteiger partial charge in [0.15, 0.2) is 0 Å². The van der Waals surface area contributed by atoms with E-state index in [0.29, 0.717) is 11.3 Å². The van der Waals surface area contributed by atoms with E-state index in [1.807, 2.05) is 12.1 Å². The second-order valence-electron chi connectivity index (χ2n) is 5.82. The van der Waals surface area contributed by atoms with Crippen molar-refractivity contribution >= 4 is 22.6 Å². The average Bonchev–Trinajstić information content (AvgIpc) is 3.24. The molecule has 2 aromatic carbocycles. The van der Waals surface area contributed by atoms with Crippen molar-refractivity contribution in [3.8, 4) is 0 Å². The van der Waals surface area contributed by atoms with Gasteiger partial charge in [-0.2, -0.15) is 0 Å². The fourth-order valence-corrected chi connectivity index (χ4v) is 2.86. The maximum atomic E-state index is 12.9. The maximum Gasteiger partial charge on any atom is 0.255 e. The number of amides is 1. The number of imidazole rings is 1. The van der Waals surface area contributed by atoms with Crippen molar-refractivity contribution in [1.29, 1.82) is 0 Å². The number of nitrogens with one attached hydrogen (secondary N) is 2. The molecule has 122 valence electrons. The Kier molecular flexibility index (Phi) is 3.74. The first kappa shape index (κ1) is 14.8. The molecule has 1 saturated heterocycles. The van der Waals surface area contributed by atoms with Crippen molar-refractivity contribution in [2.45, 2.75) is 18.9 Å². The fraction of sp³-hybridized carbons (Fsp3) is 0.222. The fourth-order valence-electron chi connectivity index (χ4n) is 2.86. The number of carbonyl (C=O) groups is 1. The molecule has 2 N–H and O–H groups in total. The maximum absolute atomic E-state index is 12.9. The van der Waals surface area contributed by atoms with Gasteiger partial charge in [0, 0.05) is 17.9 Å². The number of anilines is 1. The highest BCUT2D eigenvalue weighted by atomic mass is 19.1. The summed E-state index contributed by atoms with van der Waals surface area (Å²) in [5.74, 6) is 0.171. The van der Waals surface area contributed by atoms with E-state index in [1.165, 1.54) is 24.3 Å². The number of aromatic amines is 1. The third kappa shape index (κ3) is 2.88. The van der Waals surface area contributed by atoms with Gasteiger partial charge < -0.3 is 15.0 Å². The zero-order valence-corrected chi connectivity index (χ0v) is 12.9. The van der Waals surface area contributed by atoms with Gasteiger partial charge in [0.05, 0.1) is 11.0 Å². The molecule has 4 rings (SSSR count). The summed E-state index contributed by atoms with van der Waals surface area (Å²) in [7, 11) is 0. The highest BCUT2D eigenvalue weighted by Gasteiger charge is 2.21. The molecule has 1 fully saturated rings. The molecule has 1 aliphatic heterocycles. The summed E-state index contributed by atoms with van der Waals surface area (Å²) in [6.45, 7) is 0.765. The minimum atomic E-state index is -0.368. The number of ether oxygens (including phenoxy) is 1. The molecule has 0 saturated carbocycles. The lowest BCUT2D eigenvalue weighted by Gasteiger charge is -2.05. The molecule has 0 radical (unpaired) electrons. The molecule has 0 spiro atoms. The van der Waals surface area contributed by atoms with E-state index >= 15 is 0 Å². The van der Waals surface area contributed by atoms with Gasteiger partial charge >= 0.3 is 0 Å². The number of hydrogen-bond acceptors (Lipinski definition) is 3. The van der Waals surface area contributed by atoms with Crippen molar-refractivity contribution in [2.75, 3.05) is 11.9 Å². The molecular weight excluding hydrogens is 309 g/mol. The molecule has 0 aliphatic carbocycles. The predicted octanol–water partition coefficient (Wildman–Crippen LogP) is 3.81. The summed E-state index contributed by atoms with van der Waals surface area (Å²) in [5.41, 5.74) is 2.73. The molecule has 0 unspecified atom stereocenters. The van der Waals surface area contributed by atoms with Crippen molar-refractivity contribution in [3.05, 3.63) is 59.7 Å². The molecule has 6 heteroatoms. The minimum absolute atomic E-state index is 0.0228. The zero-order chi connectivity index (χ0) is 16.5. The van der Waals surface area contributed by atoms with Gasteiger partial charge in [-0.25, -0.2) is 9.37 Å². The van der Waals surface area contributed by atoms with Crippen LogP contribution in [0.5, 0.6) is 0 Å². The third-order valence-corrected chi connectivity index (χ3v) is 4.10. The van der Waals surface area contributed by atoms with E-state index < -0.39 is 0 Å². The van der Waals surface area contributed by atoms with Crippen LogP contribution in [0.25, 0.3) is 11.0 Å². The van der Waals surface area contributed by atoms with E-state index in [0.717, 1.165) is 36.3 Å². The van der Waals surface area contributed by atoms with Crippen molar-refractivity contribution in [2.24, 2.45) is 0 Å². The van der Waals surface area contributed by atoms with Crippen LogP contribution in [0.3, 0.4) is 0 Å². The number of hydrogen-bond donors (Lipinski definition) is 2. The van der Waals surface area contributed by atoms with Crippen LogP contribution in [0.15, 0.2) is 42.5 Å². The third-order valence-electron chi connectivity index (χ3n) is 4.10. The molecule has 1 atom stereocenters. The van der Waals surface area contributed by atoms with Gasteiger partial charge in [-0.15, -0.1) is 0 Å². The highest BCUT2D eigenvalue weighted by molar-refractivity contribution is 6.04. The highest BCUT2D eigenvalue weighted by Crippen LogP contribution is 2.28. The van der Waals surface area contributed by atoms with Gasteiger partial charge in [0.1, 0.15) is 17.7 Å². The molecular formula is C18H16FN3O2. The van der Waals surface area contributed by atoms with E-state index in [2.05, 4.69) is 15.3 Å². The van der Waals surface area contributed by atoms with Gasteiger partial charge in [0.25, 0.3) is 5.91 Å². The van der Waals surface area contributed by atoms with Crippen LogP contribution < -0.4 is 5.32 Å². The molecule has 3 aromatic rings. The first-order valence-corrected chi connectivity index (χ1v) is 7.87. The smallest absolute Gasteiger partial charge is 0.255 e. The van der Waals surface area contributed by atoms with Crippen LogP contribution in [0.2, 0.25) is 0 Å². The monoisotopic (exact) mass is 325 g/mol. The topological polar surface area (TPSA) is 67.0 Å². The SMILES string of the molecule is O=C(Nc1ccc2nc([C@H]3CCCO3)[nH]c2c1)c1ccc(F)cc1. The normalized spacial score (nSPS) is 17.3. The van der Waals surface area contributed by atoms with Crippen LogP contribution in [0.4, 0.5) is 10.1 Å². The van der Waals surface area contributed by atoms with E-state index in [-0.39, 0.29) is 17.8 Å². The standard InChI is InChI=1S/C18H16FN3O2/c19-12-5-3-11(4-6-12)18(23)20-13-7-8-14-15(10-13)22-17(21-14)16-2-1-9-24-16/h3-8,10,16H,1-2,9H2,(H,20,23)(H,21,22)/t16-/m1/s1. The van der Waals surface area contributed by atoms with Crippen molar-refractivity contribution in [3.63, 3.8) is 0 Å². The predicted molar refractivity (Wildman–Crippen MR) is 88.4 cm³/mol. The lowest BCUT2D eigenvalue weighted by atomic mass is 10.2. The summed E-state index contributed by atoms with van der Waals surface area (Å²) in [4.78, 5) is 20.0. The van der Waals surface area contributed by atoms with Crippen LogP contribution in [0, 0.1) is 5.82 Å². The van der Waals surface area contributed by atoms with E-state index in [4.69, 9.17) is 4.74 Å². The summed E-state index contributed by atoms with van der Waals surface area (Å²) >= 11 is 0. The quantitative estimate of drug-likeness (QED) is 0.769. The molecule has 1 aliphatic rings. The lowest BCUT2D eigenvalue weighted by molar-refractivity contribution is 0.102. The number of nitrogens with zero attached hydrogens (tertiary/aromatic N) is 1. The zero-order valence-electron chi connectivity index (χ0n) is 12.9. The Morgan fingerprint density at radius 3 is 2.83 bits per heavy atom.